The summed E-state index contributed by atoms with van der Waals surface area (Å²) in [4.78, 5) is 24.8. The SMILES string of the molecule is O=C(c1ccc([N+](=O)[O-])cc1Br)N1CCC2CCC(C1)N2. The molecule has 2 unspecified atom stereocenters. The third-order valence-corrected chi connectivity index (χ3v) is 4.86. The van der Waals surface area contributed by atoms with Crippen molar-refractivity contribution in [2.75, 3.05) is 13.1 Å². The first-order valence-electron chi connectivity index (χ1n) is 7.04. The highest BCUT2D eigenvalue weighted by Crippen LogP contribution is 2.26. The Kier molecular flexibility index (Phi) is 3.95. The summed E-state index contributed by atoms with van der Waals surface area (Å²) >= 11 is 3.28. The van der Waals surface area contributed by atoms with E-state index in [0.29, 0.717) is 28.7 Å². The van der Waals surface area contributed by atoms with Gasteiger partial charge in [-0.25, -0.2) is 0 Å². The van der Waals surface area contributed by atoms with Crippen LogP contribution in [0.3, 0.4) is 0 Å². The van der Waals surface area contributed by atoms with E-state index < -0.39 is 4.92 Å². The fraction of sp³-hybridized carbons (Fsp3) is 0.500. The molecule has 2 heterocycles. The molecule has 6 nitrogen and oxygen atoms in total. The van der Waals surface area contributed by atoms with Crippen LogP contribution >= 0.6 is 15.9 Å². The van der Waals surface area contributed by atoms with Crippen LogP contribution in [0.4, 0.5) is 5.69 Å². The van der Waals surface area contributed by atoms with E-state index in [2.05, 4.69) is 21.2 Å². The Morgan fingerprint density at radius 1 is 1.33 bits per heavy atom. The normalized spacial score (nSPS) is 24.7. The van der Waals surface area contributed by atoms with Crippen LogP contribution in [0.25, 0.3) is 0 Å². The number of nitrogens with zero attached hydrogens (tertiary/aromatic N) is 2. The topological polar surface area (TPSA) is 75.5 Å². The molecule has 0 saturated carbocycles. The quantitative estimate of drug-likeness (QED) is 0.653. The van der Waals surface area contributed by atoms with Gasteiger partial charge in [-0.15, -0.1) is 0 Å². The summed E-state index contributed by atoms with van der Waals surface area (Å²) in [7, 11) is 0. The second-order valence-electron chi connectivity index (χ2n) is 5.60. The third kappa shape index (κ3) is 2.94. The molecule has 1 amide bonds. The number of rotatable bonds is 2. The van der Waals surface area contributed by atoms with E-state index in [1.165, 1.54) is 24.6 Å². The van der Waals surface area contributed by atoms with Gasteiger partial charge in [-0.1, -0.05) is 0 Å². The van der Waals surface area contributed by atoms with Gasteiger partial charge in [0.25, 0.3) is 11.6 Å². The first-order chi connectivity index (χ1) is 10.0. The molecule has 2 aliphatic rings. The minimum absolute atomic E-state index is 0.0185. The Hall–Kier alpha value is -1.47. The van der Waals surface area contributed by atoms with Gasteiger partial charge in [0.15, 0.2) is 0 Å². The molecule has 112 valence electrons. The number of nitro groups is 1. The largest absolute Gasteiger partial charge is 0.337 e. The molecule has 1 aromatic rings. The standard InChI is InChI=1S/C14H16BrN3O3/c15-13-7-11(18(20)21)3-4-12(13)14(19)17-6-5-9-1-2-10(8-17)16-9/h3-4,7,9-10,16H,1-2,5-6,8H2. The van der Waals surface area contributed by atoms with Gasteiger partial charge in [0.2, 0.25) is 0 Å². The molecule has 1 N–H and O–H groups in total. The molecule has 0 aromatic heterocycles. The van der Waals surface area contributed by atoms with Gasteiger partial charge in [0.1, 0.15) is 0 Å². The van der Waals surface area contributed by atoms with Crippen LogP contribution < -0.4 is 5.32 Å². The van der Waals surface area contributed by atoms with Crippen molar-refractivity contribution in [2.24, 2.45) is 0 Å². The predicted octanol–water partition coefficient (Wildman–Crippen LogP) is 2.32. The fourth-order valence-electron chi connectivity index (χ4n) is 3.09. The van der Waals surface area contributed by atoms with Gasteiger partial charge in [0.05, 0.1) is 10.5 Å². The van der Waals surface area contributed by atoms with E-state index in [1.54, 1.807) is 0 Å². The van der Waals surface area contributed by atoms with Crippen molar-refractivity contribution < 1.29 is 9.72 Å². The van der Waals surface area contributed by atoms with Crippen LogP contribution in [0.15, 0.2) is 22.7 Å². The molecular weight excluding hydrogens is 338 g/mol. The lowest BCUT2D eigenvalue weighted by Gasteiger charge is -2.24. The van der Waals surface area contributed by atoms with Crippen LogP contribution in [0.5, 0.6) is 0 Å². The summed E-state index contributed by atoms with van der Waals surface area (Å²) in [5.74, 6) is -0.0638. The number of nitrogens with one attached hydrogen (secondary N) is 1. The van der Waals surface area contributed by atoms with Crippen molar-refractivity contribution in [3.63, 3.8) is 0 Å². The number of non-ortho nitro benzene ring substituents is 1. The average Bonchev–Trinajstić information content (AvgIpc) is 2.77. The molecule has 2 atom stereocenters. The maximum absolute atomic E-state index is 12.6. The van der Waals surface area contributed by atoms with E-state index in [1.807, 2.05) is 4.90 Å². The number of nitro benzene ring substituents is 1. The number of halogens is 1. The van der Waals surface area contributed by atoms with Crippen molar-refractivity contribution in [3.8, 4) is 0 Å². The molecule has 21 heavy (non-hydrogen) atoms. The maximum atomic E-state index is 12.6. The highest BCUT2D eigenvalue weighted by Gasteiger charge is 2.32. The summed E-state index contributed by atoms with van der Waals surface area (Å²) in [5, 5.41) is 14.3. The molecule has 2 fully saturated rings. The van der Waals surface area contributed by atoms with Gasteiger partial charge >= 0.3 is 0 Å². The van der Waals surface area contributed by atoms with Gasteiger partial charge in [-0.05, 0) is 41.3 Å². The van der Waals surface area contributed by atoms with Crippen LogP contribution in [-0.4, -0.2) is 40.9 Å². The van der Waals surface area contributed by atoms with Crippen LogP contribution in [0.2, 0.25) is 0 Å². The Morgan fingerprint density at radius 2 is 2.10 bits per heavy atom. The molecule has 0 radical (unpaired) electrons. The molecule has 0 aliphatic carbocycles. The van der Waals surface area contributed by atoms with E-state index in [9.17, 15) is 14.9 Å². The number of hydrogen-bond acceptors (Lipinski definition) is 4. The molecular formula is C14H16BrN3O3. The zero-order valence-electron chi connectivity index (χ0n) is 11.4. The Bertz CT molecular complexity index is 593. The minimum Gasteiger partial charge on any atom is -0.337 e. The summed E-state index contributed by atoms with van der Waals surface area (Å²) in [6.07, 6.45) is 3.26. The van der Waals surface area contributed by atoms with Crippen LogP contribution in [0, 0.1) is 10.1 Å². The fourth-order valence-corrected chi connectivity index (χ4v) is 3.63. The average molecular weight is 354 g/mol. The number of benzene rings is 1. The Labute approximate surface area is 130 Å². The van der Waals surface area contributed by atoms with Crippen LogP contribution in [-0.2, 0) is 0 Å². The van der Waals surface area contributed by atoms with Crippen molar-refractivity contribution in [1.29, 1.82) is 0 Å². The number of likely N-dealkylation sites (tertiary alicyclic amines) is 1. The second-order valence-corrected chi connectivity index (χ2v) is 6.45. The van der Waals surface area contributed by atoms with Gasteiger partial charge in [-0.3, -0.25) is 14.9 Å². The summed E-state index contributed by atoms with van der Waals surface area (Å²) in [5.41, 5.74) is 0.466. The highest BCUT2D eigenvalue weighted by atomic mass is 79.9. The Morgan fingerprint density at radius 3 is 2.81 bits per heavy atom. The van der Waals surface area contributed by atoms with E-state index in [-0.39, 0.29) is 11.6 Å². The molecule has 1 aromatic carbocycles. The zero-order valence-corrected chi connectivity index (χ0v) is 13.0. The van der Waals surface area contributed by atoms with E-state index >= 15 is 0 Å². The number of hydrogen-bond donors (Lipinski definition) is 1. The van der Waals surface area contributed by atoms with Crippen molar-refractivity contribution in [1.82, 2.24) is 10.2 Å². The van der Waals surface area contributed by atoms with Crippen molar-refractivity contribution in [2.45, 2.75) is 31.3 Å². The molecule has 2 bridgehead atoms. The Balaban J connectivity index is 1.80. The minimum atomic E-state index is -0.464. The van der Waals surface area contributed by atoms with E-state index in [0.717, 1.165) is 19.4 Å². The lowest BCUT2D eigenvalue weighted by molar-refractivity contribution is -0.384. The molecule has 2 saturated heterocycles. The van der Waals surface area contributed by atoms with Gasteiger partial charge in [0, 0.05) is 41.8 Å². The van der Waals surface area contributed by atoms with Crippen molar-refractivity contribution >= 4 is 27.5 Å². The molecule has 3 rings (SSSR count). The number of carbonyl (C=O) groups is 1. The monoisotopic (exact) mass is 353 g/mol. The third-order valence-electron chi connectivity index (χ3n) is 4.20. The van der Waals surface area contributed by atoms with Gasteiger partial charge in [-0.2, -0.15) is 0 Å². The predicted molar refractivity (Wildman–Crippen MR) is 81.3 cm³/mol. The number of fused-ring (bicyclic) bond motifs is 2. The van der Waals surface area contributed by atoms with Crippen LogP contribution in [0.1, 0.15) is 29.6 Å². The summed E-state index contributed by atoms with van der Waals surface area (Å²) in [6, 6.07) is 5.18. The number of carbonyl (C=O) groups excluding carboxylic acids is 1. The zero-order chi connectivity index (χ0) is 15.0. The first kappa shape index (κ1) is 14.5. The molecule has 7 heteroatoms. The lowest BCUT2D eigenvalue weighted by atomic mass is 10.1. The highest BCUT2D eigenvalue weighted by molar-refractivity contribution is 9.10. The molecule has 0 spiro atoms. The second kappa shape index (κ2) is 5.73. The van der Waals surface area contributed by atoms with Crippen molar-refractivity contribution in [3.05, 3.63) is 38.3 Å². The smallest absolute Gasteiger partial charge is 0.270 e. The lowest BCUT2D eigenvalue weighted by Crippen LogP contribution is -2.39. The first-order valence-corrected chi connectivity index (χ1v) is 7.83. The van der Waals surface area contributed by atoms with Gasteiger partial charge < -0.3 is 10.2 Å². The van der Waals surface area contributed by atoms with E-state index in [4.69, 9.17) is 0 Å². The summed E-state index contributed by atoms with van der Waals surface area (Å²) < 4.78 is 0.476. The maximum Gasteiger partial charge on any atom is 0.270 e. The molecule has 2 aliphatic heterocycles. The summed E-state index contributed by atoms with van der Waals surface area (Å²) in [6.45, 7) is 1.44. The number of amides is 1.